The van der Waals surface area contributed by atoms with Crippen molar-refractivity contribution in [1.29, 1.82) is 0 Å². The average molecular weight is 256 g/mol. The number of phenols is 1. The van der Waals surface area contributed by atoms with Crippen LogP contribution in [-0.2, 0) is 0 Å². The number of aliphatic hydroxyl groups is 1. The van der Waals surface area contributed by atoms with Gasteiger partial charge in [0, 0.05) is 6.20 Å². The lowest BCUT2D eigenvalue weighted by molar-refractivity contribution is 0.410. The number of aromatic hydroxyl groups is 1. The summed E-state index contributed by atoms with van der Waals surface area (Å²) in [6.45, 7) is 1.60. The number of anilines is 1. The SMILES string of the molecule is C/C(O)=C/[C@H](Nc1ccccc1O)c1ccccn1. The number of allylic oxidation sites excluding steroid dienone is 1. The number of nitrogens with one attached hydrogen (secondary N) is 1. The van der Waals surface area contributed by atoms with E-state index in [1.165, 1.54) is 0 Å². The first-order chi connectivity index (χ1) is 9.16. The van der Waals surface area contributed by atoms with Gasteiger partial charge in [-0.15, -0.1) is 0 Å². The summed E-state index contributed by atoms with van der Waals surface area (Å²) in [4.78, 5) is 4.26. The van der Waals surface area contributed by atoms with Gasteiger partial charge in [0.05, 0.1) is 23.2 Å². The summed E-state index contributed by atoms with van der Waals surface area (Å²) < 4.78 is 0. The van der Waals surface area contributed by atoms with Crippen molar-refractivity contribution in [2.45, 2.75) is 13.0 Å². The molecule has 2 rings (SSSR count). The van der Waals surface area contributed by atoms with Gasteiger partial charge in [0.15, 0.2) is 0 Å². The van der Waals surface area contributed by atoms with Gasteiger partial charge in [-0.3, -0.25) is 4.98 Å². The largest absolute Gasteiger partial charge is 0.513 e. The Morgan fingerprint density at radius 3 is 2.58 bits per heavy atom. The third kappa shape index (κ3) is 3.48. The van der Waals surface area contributed by atoms with Crippen LogP contribution in [0.1, 0.15) is 18.7 Å². The molecule has 0 aliphatic heterocycles. The average Bonchev–Trinajstić information content (AvgIpc) is 2.41. The minimum Gasteiger partial charge on any atom is -0.513 e. The number of hydrogen-bond acceptors (Lipinski definition) is 4. The topological polar surface area (TPSA) is 65.4 Å². The molecule has 19 heavy (non-hydrogen) atoms. The molecule has 0 bridgehead atoms. The predicted molar refractivity (Wildman–Crippen MR) is 75.1 cm³/mol. The van der Waals surface area contributed by atoms with Gasteiger partial charge in [0.1, 0.15) is 5.75 Å². The van der Waals surface area contributed by atoms with Crippen LogP contribution in [0.3, 0.4) is 0 Å². The Morgan fingerprint density at radius 1 is 1.21 bits per heavy atom. The van der Waals surface area contributed by atoms with E-state index in [1.54, 1.807) is 37.4 Å². The van der Waals surface area contributed by atoms with E-state index in [0.717, 1.165) is 5.69 Å². The molecular formula is C15H16N2O2. The molecule has 1 heterocycles. The molecule has 0 aliphatic carbocycles. The number of para-hydroxylation sites is 2. The lowest BCUT2D eigenvalue weighted by Crippen LogP contribution is -2.10. The second-order valence-electron chi connectivity index (χ2n) is 4.20. The smallest absolute Gasteiger partial charge is 0.138 e. The lowest BCUT2D eigenvalue weighted by Gasteiger charge is -2.17. The fourth-order valence-electron chi connectivity index (χ4n) is 1.77. The lowest BCUT2D eigenvalue weighted by atomic mass is 10.1. The second-order valence-corrected chi connectivity index (χ2v) is 4.20. The molecule has 0 saturated carbocycles. The summed E-state index contributed by atoms with van der Waals surface area (Å²) in [6.07, 6.45) is 3.34. The predicted octanol–water partition coefficient (Wildman–Crippen LogP) is 3.40. The molecule has 4 heteroatoms. The van der Waals surface area contributed by atoms with Crippen LogP contribution in [0.4, 0.5) is 5.69 Å². The summed E-state index contributed by atoms with van der Waals surface area (Å²) in [7, 11) is 0. The Balaban J connectivity index is 2.30. The second kappa shape index (κ2) is 5.91. The van der Waals surface area contributed by atoms with Crippen LogP contribution in [0.2, 0.25) is 0 Å². The van der Waals surface area contributed by atoms with Crippen LogP contribution in [0.25, 0.3) is 0 Å². The zero-order chi connectivity index (χ0) is 13.7. The van der Waals surface area contributed by atoms with Crippen molar-refractivity contribution in [3.8, 4) is 5.75 Å². The van der Waals surface area contributed by atoms with Crippen molar-refractivity contribution >= 4 is 5.69 Å². The fraction of sp³-hybridized carbons (Fsp3) is 0.133. The fourth-order valence-corrected chi connectivity index (χ4v) is 1.77. The molecule has 4 nitrogen and oxygen atoms in total. The van der Waals surface area contributed by atoms with Gasteiger partial charge >= 0.3 is 0 Å². The molecule has 0 spiro atoms. The molecule has 2 aromatic rings. The molecule has 3 N–H and O–H groups in total. The Morgan fingerprint density at radius 2 is 1.95 bits per heavy atom. The monoisotopic (exact) mass is 256 g/mol. The summed E-state index contributed by atoms with van der Waals surface area (Å²) in [5, 5.41) is 22.4. The van der Waals surface area contributed by atoms with Crippen molar-refractivity contribution in [1.82, 2.24) is 4.98 Å². The zero-order valence-electron chi connectivity index (χ0n) is 10.6. The number of benzene rings is 1. The first kappa shape index (κ1) is 13.0. The third-order valence-corrected chi connectivity index (χ3v) is 2.63. The molecule has 0 amide bonds. The quantitative estimate of drug-likeness (QED) is 0.579. The van der Waals surface area contributed by atoms with E-state index >= 15 is 0 Å². The van der Waals surface area contributed by atoms with E-state index in [9.17, 15) is 10.2 Å². The van der Waals surface area contributed by atoms with Crippen molar-refractivity contribution < 1.29 is 10.2 Å². The van der Waals surface area contributed by atoms with E-state index in [2.05, 4.69) is 10.3 Å². The maximum Gasteiger partial charge on any atom is 0.138 e. The molecule has 0 radical (unpaired) electrons. The van der Waals surface area contributed by atoms with Gasteiger partial charge in [-0.2, -0.15) is 0 Å². The number of hydrogen-bond donors (Lipinski definition) is 3. The summed E-state index contributed by atoms with van der Waals surface area (Å²) in [5.74, 6) is 0.353. The number of phenolic OH excluding ortho intramolecular Hbond substituents is 1. The van der Waals surface area contributed by atoms with E-state index in [0.29, 0.717) is 5.69 Å². The van der Waals surface area contributed by atoms with Gasteiger partial charge in [0.2, 0.25) is 0 Å². The Hall–Kier alpha value is -2.49. The highest BCUT2D eigenvalue weighted by atomic mass is 16.3. The molecule has 0 aliphatic rings. The third-order valence-electron chi connectivity index (χ3n) is 2.63. The molecule has 0 fully saturated rings. The van der Waals surface area contributed by atoms with Crippen LogP contribution in [0.5, 0.6) is 5.75 Å². The van der Waals surface area contributed by atoms with Crippen LogP contribution in [-0.4, -0.2) is 15.2 Å². The molecule has 1 aromatic heterocycles. The Bertz CT molecular complexity index is 563. The van der Waals surface area contributed by atoms with Gasteiger partial charge in [-0.1, -0.05) is 18.2 Å². The van der Waals surface area contributed by atoms with Crippen molar-refractivity contribution in [3.05, 3.63) is 66.2 Å². The first-order valence-electron chi connectivity index (χ1n) is 5.99. The van der Waals surface area contributed by atoms with E-state index < -0.39 is 0 Å². The van der Waals surface area contributed by atoms with E-state index in [-0.39, 0.29) is 17.6 Å². The maximum absolute atomic E-state index is 9.77. The van der Waals surface area contributed by atoms with E-state index in [4.69, 9.17) is 0 Å². The molecule has 1 aromatic carbocycles. The van der Waals surface area contributed by atoms with Gasteiger partial charge in [-0.25, -0.2) is 0 Å². The standard InChI is InChI=1S/C15H16N2O2/c1-11(18)10-14(12-6-4-5-9-16-12)17-13-7-2-3-8-15(13)19/h2-10,14,17-19H,1H3/b11-10-/t14-/m0/s1. The molecule has 1 atom stereocenters. The van der Waals surface area contributed by atoms with Crippen LogP contribution < -0.4 is 5.32 Å². The van der Waals surface area contributed by atoms with Gasteiger partial charge < -0.3 is 15.5 Å². The van der Waals surface area contributed by atoms with Crippen LogP contribution in [0, 0.1) is 0 Å². The minimum absolute atomic E-state index is 0.160. The normalized spacial score (nSPS) is 13.0. The van der Waals surface area contributed by atoms with Gasteiger partial charge in [0.25, 0.3) is 0 Å². The Kier molecular flexibility index (Phi) is 4.03. The van der Waals surface area contributed by atoms with Crippen molar-refractivity contribution in [2.24, 2.45) is 0 Å². The molecule has 98 valence electrons. The van der Waals surface area contributed by atoms with Crippen LogP contribution >= 0.6 is 0 Å². The molecule has 0 unspecified atom stereocenters. The van der Waals surface area contributed by atoms with E-state index in [1.807, 2.05) is 24.3 Å². The van der Waals surface area contributed by atoms with Gasteiger partial charge in [-0.05, 0) is 37.3 Å². The molecule has 0 saturated heterocycles. The number of rotatable bonds is 4. The Labute approximate surface area is 112 Å². The zero-order valence-corrected chi connectivity index (χ0v) is 10.6. The van der Waals surface area contributed by atoms with Crippen LogP contribution in [0.15, 0.2) is 60.5 Å². The number of aromatic nitrogens is 1. The summed E-state index contributed by atoms with van der Waals surface area (Å²) >= 11 is 0. The number of nitrogens with zero attached hydrogens (tertiary/aromatic N) is 1. The first-order valence-corrected chi connectivity index (χ1v) is 5.99. The molecular weight excluding hydrogens is 240 g/mol. The minimum atomic E-state index is -0.306. The van der Waals surface area contributed by atoms with Crippen molar-refractivity contribution in [2.75, 3.05) is 5.32 Å². The summed E-state index contributed by atoms with van der Waals surface area (Å²) in [5.41, 5.74) is 1.36. The highest BCUT2D eigenvalue weighted by Crippen LogP contribution is 2.27. The maximum atomic E-state index is 9.77. The number of aliphatic hydroxyl groups excluding tert-OH is 1. The number of pyridine rings is 1. The summed E-state index contributed by atoms with van der Waals surface area (Å²) in [6, 6.07) is 12.2. The highest BCUT2D eigenvalue weighted by Gasteiger charge is 2.11. The van der Waals surface area contributed by atoms with Crippen molar-refractivity contribution in [3.63, 3.8) is 0 Å². The highest BCUT2D eigenvalue weighted by molar-refractivity contribution is 5.56.